The monoisotopic (exact) mass is 377 g/mol. The van der Waals surface area contributed by atoms with Crippen LogP contribution in [-0.2, 0) is 15.9 Å². The molecule has 5 nitrogen and oxygen atoms in total. The molecule has 7 heteroatoms. The number of hydrogen-bond donors (Lipinski definition) is 2. The summed E-state index contributed by atoms with van der Waals surface area (Å²) in [6.07, 6.45) is 1.94. The van der Waals surface area contributed by atoms with Gasteiger partial charge in [0.15, 0.2) is 5.96 Å². The van der Waals surface area contributed by atoms with Crippen molar-refractivity contribution in [3.63, 3.8) is 0 Å². The number of aliphatic imine (C=N–C) groups is 1. The van der Waals surface area contributed by atoms with E-state index in [4.69, 9.17) is 9.47 Å². The number of thiophene rings is 1. The van der Waals surface area contributed by atoms with Crippen molar-refractivity contribution in [2.75, 3.05) is 47.1 Å². The predicted octanol–water partition coefficient (Wildman–Crippen LogP) is 2.27. The van der Waals surface area contributed by atoms with E-state index in [0.717, 1.165) is 38.5 Å². The summed E-state index contributed by atoms with van der Waals surface area (Å²) in [5.41, 5.74) is 0. The van der Waals surface area contributed by atoms with Crippen LogP contribution in [0.2, 0.25) is 0 Å². The van der Waals surface area contributed by atoms with Gasteiger partial charge in [-0.25, -0.2) is 0 Å². The van der Waals surface area contributed by atoms with E-state index < -0.39 is 0 Å². The van der Waals surface area contributed by atoms with Crippen molar-refractivity contribution in [3.05, 3.63) is 20.8 Å². The Morgan fingerprint density at radius 2 is 2.05 bits per heavy atom. The van der Waals surface area contributed by atoms with Crippen molar-refractivity contribution in [2.24, 2.45) is 4.99 Å². The van der Waals surface area contributed by atoms with Gasteiger partial charge >= 0.3 is 0 Å². The van der Waals surface area contributed by atoms with Crippen LogP contribution in [0.5, 0.6) is 0 Å². The summed E-state index contributed by atoms with van der Waals surface area (Å²) in [6.45, 7) is 3.75. The molecule has 1 aromatic rings. The number of methoxy groups -OCH3 is 1. The summed E-state index contributed by atoms with van der Waals surface area (Å²) in [5, 5.41) is 6.58. The van der Waals surface area contributed by atoms with Crippen molar-refractivity contribution >= 4 is 33.2 Å². The van der Waals surface area contributed by atoms with Crippen LogP contribution in [0.4, 0.5) is 0 Å². The molecule has 2 N–H and O–H groups in total. The minimum Gasteiger partial charge on any atom is -0.382 e. The van der Waals surface area contributed by atoms with E-state index in [1.807, 2.05) is 0 Å². The van der Waals surface area contributed by atoms with Crippen LogP contribution in [-0.4, -0.2) is 53.0 Å². The number of rotatable bonds is 10. The molecule has 0 unspecified atom stereocenters. The molecular formula is C14H24BrN3O2S. The lowest BCUT2D eigenvalue weighted by molar-refractivity contribution is 0.0698. The predicted molar refractivity (Wildman–Crippen MR) is 92.4 cm³/mol. The van der Waals surface area contributed by atoms with Gasteiger partial charge in [0.2, 0.25) is 0 Å². The fourth-order valence-corrected chi connectivity index (χ4v) is 3.12. The average molecular weight is 378 g/mol. The van der Waals surface area contributed by atoms with Gasteiger partial charge in [-0.3, -0.25) is 4.99 Å². The maximum Gasteiger partial charge on any atom is 0.190 e. The summed E-state index contributed by atoms with van der Waals surface area (Å²) in [5.74, 6) is 0.836. The van der Waals surface area contributed by atoms with Gasteiger partial charge in [-0.05, 0) is 40.9 Å². The van der Waals surface area contributed by atoms with E-state index in [2.05, 4.69) is 43.7 Å². The Balaban J connectivity index is 2.04. The zero-order valence-corrected chi connectivity index (χ0v) is 15.1. The number of halogens is 1. The Hall–Kier alpha value is -0.630. The SMILES string of the molecule is CN=C(NCCCOCCOC)NCCc1ccc(Br)s1. The van der Waals surface area contributed by atoms with Gasteiger partial charge < -0.3 is 20.1 Å². The summed E-state index contributed by atoms with van der Waals surface area (Å²) in [6, 6.07) is 4.22. The number of nitrogens with zero attached hydrogens (tertiary/aromatic N) is 1. The molecule has 0 aromatic carbocycles. The number of nitrogens with one attached hydrogen (secondary N) is 2. The zero-order valence-electron chi connectivity index (χ0n) is 12.7. The Labute approximate surface area is 139 Å². The first-order valence-electron chi connectivity index (χ1n) is 7.01. The fourth-order valence-electron chi connectivity index (χ4n) is 1.64. The highest BCUT2D eigenvalue weighted by Crippen LogP contribution is 2.21. The molecule has 21 heavy (non-hydrogen) atoms. The molecule has 0 aliphatic carbocycles. The smallest absolute Gasteiger partial charge is 0.190 e. The highest BCUT2D eigenvalue weighted by atomic mass is 79.9. The van der Waals surface area contributed by atoms with Gasteiger partial charge in [0.05, 0.1) is 17.0 Å². The lowest BCUT2D eigenvalue weighted by atomic mass is 10.3. The Bertz CT molecular complexity index is 413. The van der Waals surface area contributed by atoms with E-state index in [9.17, 15) is 0 Å². The van der Waals surface area contributed by atoms with Crippen LogP contribution in [0.3, 0.4) is 0 Å². The average Bonchev–Trinajstić information content (AvgIpc) is 2.90. The maximum absolute atomic E-state index is 5.40. The van der Waals surface area contributed by atoms with E-state index in [1.165, 1.54) is 8.66 Å². The Morgan fingerprint density at radius 3 is 2.71 bits per heavy atom. The second-order valence-electron chi connectivity index (χ2n) is 4.34. The molecule has 0 amide bonds. The minimum absolute atomic E-state index is 0.648. The van der Waals surface area contributed by atoms with Crippen LogP contribution in [0.1, 0.15) is 11.3 Å². The minimum atomic E-state index is 0.648. The van der Waals surface area contributed by atoms with Crippen molar-refractivity contribution in [2.45, 2.75) is 12.8 Å². The second kappa shape index (κ2) is 12.0. The molecular weight excluding hydrogens is 354 g/mol. The first-order chi connectivity index (χ1) is 10.3. The largest absolute Gasteiger partial charge is 0.382 e. The molecule has 0 fully saturated rings. The van der Waals surface area contributed by atoms with Crippen LogP contribution >= 0.6 is 27.3 Å². The van der Waals surface area contributed by atoms with Crippen LogP contribution in [0.25, 0.3) is 0 Å². The molecule has 0 aliphatic heterocycles. The highest BCUT2D eigenvalue weighted by molar-refractivity contribution is 9.11. The van der Waals surface area contributed by atoms with Crippen LogP contribution < -0.4 is 10.6 Å². The van der Waals surface area contributed by atoms with Crippen molar-refractivity contribution < 1.29 is 9.47 Å². The van der Waals surface area contributed by atoms with Crippen LogP contribution in [0.15, 0.2) is 20.9 Å². The van der Waals surface area contributed by atoms with E-state index >= 15 is 0 Å². The third-order valence-corrected chi connectivity index (χ3v) is 4.39. The van der Waals surface area contributed by atoms with Gasteiger partial charge in [-0.2, -0.15) is 0 Å². The molecule has 1 rings (SSSR count). The number of guanidine groups is 1. The lowest BCUT2D eigenvalue weighted by Gasteiger charge is -2.11. The van der Waals surface area contributed by atoms with Crippen molar-refractivity contribution in [3.8, 4) is 0 Å². The third kappa shape index (κ3) is 9.08. The quantitative estimate of drug-likeness (QED) is 0.373. The number of hydrogen-bond acceptors (Lipinski definition) is 4. The number of ether oxygens (including phenoxy) is 2. The Morgan fingerprint density at radius 1 is 1.24 bits per heavy atom. The fraction of sp³-hybridized carbons (Fsp3) is 0.643. The molecule has 0 spiro atoms. The third-order valence-electron chi connectivity index (χ3n) is 2.71. The summed E-state index contributed by atoms with van der Waals surface area (Å²) in [7, 11) is 3.46. The molecule has 0 bridgehead atoms. The summed E-state index contributed by atoms with van der Waals surface area (Å²) in [4.78, 5) is 5.56. The molecule has 120 valence electrons. The molecule has 0 radical (unpaired) electrons. The van der Waals surface area contributed by atoms with Crippen molar-refractivity contribution in [1.29, 1.82) is 0 Å². The lowest BCUT2D eigenvalue weighted by Crippen LogP contribution is -2.38. The van der Waals surface area contributed by atoms with Gasteiger partial charge in [-0.1, -0.05) is 0 Å². The van der Waals surface area contributed by atoms with E-state index in [-0.39, 0.29) is 0 Å². The molecule has 0 atom stereocenters. The Kier molecular flexibility index (Phi) is 10.5. The molecule has 1 aromatic heterocycles. The first-order valence-corrected chi connectivity index (χ1v) is 8.62. The van der Waals surface area contributed by atoms with Gasteiger partial charge in [0.1, 0.15) is 0 Å². The summed E-state index contributed by atoms with van der Waals surface area (Å²) >= 11 is 5.24. The van der Waals surface area contributed by atoms with E-state index in [1.54, 1.807) is 25.5 Å². The van der Waals surface area contributed by atoms with Crippen molar-refractivity contribution in [1.82, 2.24) is 10.6 Å². The van der Waals surface area contributed by atoms with Gasteiger partial charge in [0.25, 0.3) is 0 Å². The molecule has 1 heterocycles. The normalized spacial score (nSPS) is 11.7. The standard InChI is InChI=1S/C14H24BrN3O2S/c1-16-14(17-7-3-9-20-11-10-19-2)18-8-6-12-4-5-13(15)21-12/h4-5H,3,6-11H2,1-2H3,(H2,16,17,18). The zero-order chi connectivity index (χ0) is 15.3. The van der Waals surface area contributed by atoms with E-state index in [0.29, 0.717) is 13.2 Å². The van der Waals surface area contributed by atoms with Gasteiger partial charge in [-0.15, -0.1) is 11.3 Å². The second-order valence-corrected chi connectivity index (χ2v) is 6.89. The van der Waals surface area contributed by atoms with Gasteiger partial charge in [0, 0.05) is 38.7 Å². The first kappa shape index (κ1) is 18.4. The summed E-state index contributed by atoms with van der Waals surface area (Å²) < 4.78 is 11.5. The molecule has 0 saturated carbocycles. The topological polar surface area (TPSA) is 54.9 Å². The molecule has 0 saturated heterocycles. The highest BCUT2D eigenvalue weighted by Gasteiger charge is 2.00. The maximum atomic E-state index is 5.40. The molecule has 0 aliphatic rings. The van der Waals surface area contributed by atoms with Crippen LogP contribution in [0, 0.1) is 0 Å².